The summed E-state index contributed by atoms with van der Waals surface area (Å²) in [6.45, 7) is 1.55. The largest absolute Gasteiger partial charge is 0.274 e. The average molecular weight is 225 g/mol. The monoisotopic (exact) mass is 225 g/mol. The molecule has 16 heavy (non-hydrogen) atoms. The van der Waals surface area contributed by atoms with Crippen molar-refractivity contribution in [2.75, 3.05) is 0 Å². The van der Waals surface area contributed by atoms with E-state index >= 15 is 0 Å². The highest BCUT2D eigenvalue weighted by molar-refractivity contribution is 5.93. The van der Waals surface area contributed by atoms with Gasteiger partial charge in [-0.2, -0.15) is 0 Å². The number of nitrogens with one attached hydrogen (secondary N) is 1. The lowest BCUT2D eigenvalue weighted by Gasteiger charge is -2.07. The molecule has 0 bridgehead atoms. The van der Waals surface area contributed by atoms with Crippen LogP contribution in [0.4, 0.5) is 8.78 Å². The third-order valence-electron chi connectivity index (χ3n) is 1.74. The van der Waals surface area contributed by atoms with Crippen LogP contribution in [0, 0.1) is 24.0 Å². The van der Waals surface area contributed by atoms with Crippen molar-refractivity contribution >= 4 is 5.91 Å². The number of amides is 1. The Hall–Kier alpha value is -1.93. The van der Waals surface area contributed by atoms with E-state index in [1.807, 2.05) is 5.48 Å². The molecule has 0 saturated heterocycles. The van der Waals surface area contributed by atoms with E-state index in [1.165, 1.54) is 0 Å². The van der Waals surface area contributed by atoms with Crippen LogP contribution in [0.15, 0.2) is 18.2 Å². The smallest absolute Gasteiger partial charge is 0.267 e. The van der Waals surface area contributed by atoms with Crippen LogP contribution in [0.5, 0.6) is 0 Å². The zero-order valence-electron chi connectivity index (χ0n) is 8.46. The van der Waals surface area contributed by atoms with E-state index in [1.54, 1.807) is 6.92 Å². The first-order valence-electron chi connectivity index (χ1n) is 4.41. The summed E-state index contributed by atoms with van der Waals surface area (Å²) < 4.78 is 25.3. The second-order valence-corrected chi connectivity index (χ2v) is 2.99. The molecule has 0 fully saturated rings. The summed E-state index contributed by atoms with van der Waals surface area (Å²) in [6, 6.07) is 2.76. The summed E-state index contributed by atoms with van der Waals surface area (Å²) in [5.41, 5.74) is 1.97. The maximum atomic E-state index is 12.8. The first-order chi connectivity index (χ1) is 7.54. The summed E-state index contributed by atoms with van der Waals surface area (Å²) in [5, 5.41) is 0. The highest BCUT2D eigenvalue weighted by atomic mass is 19.2. The van der Waals surface area contributed by atoms with E-state index in [9.17, 15) is 13.6 Å². The lowest BCUT2D eigenvalue weighted by Crippen LogP contribution is -2.27. The highest BCUT2D eigenvalue weighted by Crippen LogP contribution is 2.08. The number of benzene rings is 1. The van der Waals surface area contributed by atoms with Crippen LogP contribution >= 0.6 is 0 Å². The molecule has 1 unspecified atom stereocenters. The van der Waals surface area contributed by atoms with Gasteiger partial charge in [-0.15, -0.1) is 6.42 Å². The van der Waals surface area contributed by atoms with Crippen molar-refractivity contribution in [1.82, 2.24) is 5.48 Å². The molecule has 1 atom stereocenters. The lowest BCUT2D eigenvalue weighted by molar-refractivity contribution is 0.0147. The fourth-order valence-electron chi connectivity index (χ4n) is 0.872. The van der Waals surface area contributed by atoms with Gasteiger partial charge in [0.25, 0.3) is 5.91 Å². The molecule has 1 aromatic carbocycles. The molecular weight excluding hydrogens is 216 g/mol. The van der Waals surface area contributed by atoms with Gasteiger partial charge in [0.2, 0.25) is 0 Å². The van der Waals surface area contributed by atoms with Crippen molar-refractivity contribution in [2.24, 2.45) is 0 Å². The SMILES string of the molecule is C#CC(C)ONC(=O)c1ccc(F)c(F)c1. The number of rotatable bonds is 3. The first kappa shape index (κ1) is 12.1. The topological polar surface area (TPSA) is 38.3 Å². The van der Waals surface area contributed by atoms with Crippen LogP contribution in [0.3, 0.4) is 0 Å². The minimum atomic E-state index is -1.10. The van der Waals surface area contributed by atoms with E-state index in [0.717, 1.165) is 18.2 Å². The average Bonchev–Trinajstić information content (AvgIpc) is 2.29. The number of carbonyl (C=O) groups excluding carboxylic acids is 1. The van der Waals surface area contributed by atoms with E-state index in [2.05, 4.69) is 5.92 Å². The highest BCUT2D eigenvalue weighted by Gasteiger charge is 2.10. The zero-order chi connectivity index (χ0) is 12.1. The van der Waals surface area contributed by atoms with E-state index < -0.39 is 23.6 Å². The molecule has 1 N–H and O–H groups in total. The maximum absolute atomic E-state index is 12.8. The Morgan fingerprint density at radius 2 is 2.19 bits per heavy atom. The molecule has 0 radical (unpaired) electrons. The summed E-state index contributed by atoms with van der Waals surface area (Å²) >= 11 is 0. The van der Waals surface area contributed by atoms with Crippen LogP contribution in [0.25, 0.3) is 0 Å². The minimum absolute atomic E-state index is 0.0527. The molecular formula is C11H9F2NO2. The molecule has 1 aromatic rings. The van der Waals surface area contributed by atoms with Gasteiger partial charge in [-0.1, -0.05) is 5.92 Å². The van der Waals surface area contributed by atoms with Crippen LogP contribution in [0.2, 0.25) is 0 Å². The van der Waals surface area contributed by atoms with Crippen LogP contribution in [0.1, 0.15) is 17.3 Å². The Kier molecular flexibility index (Phi) is 3.97. The molecule has 3 nitrogen and oxygen atoms in total. The number of hydroxylamine groups is 1. The normalized spacial score (nSPS) is 11.6. The summed E-state index contributed by atoms with van der Waals surface area (Å²) in [4.78, 5) is 16.1. The van der Waals surface area contributed by atoms with Gasteiger partial charge in [0.05, 0.1) is 0 Å². The van der Waals surface area contributed by atoms with Gasteiger partial charge in [-0.05, 0) is 25.1 Å². The molecule has 0 aliphatic rings. The molecule has 1 rings (SSSR count). The molecule has 0 aromatic heterocycles. The quantitative estimate of drug-likeness (QED) is 0.627. The Balaban J connectivity index is 2.67. The number of halogens is 2. The number of hydrogen-bond donors (Lipinski definition) is 1. The summed E-state index contributed by atoms with van der Waals surface area (Å²) in [7, 11) is 0. The van der Waals surface area contributed by atoms with E-state index in [4.69, 9.17) is 11.3 Å². The van der Waals surface area contributed by atoms with Crippen molar-refractivity contribution in [3.63, 3.8) is 0 Å². The van der Waals surface area contributed by atoms with Crippen LogP contribution in [-0.2, 0) is 4.84 Å². The van der Waals surface area contributed by atoms with Crippen molar-refractivity contribution in [1.29, 1.82) is 0 Å². The van der Waals surface area contributed by atoms with Gasteiger partial charge >= 0.3 is 0 Å². The van der Waals surface area contributed by atoms with Crippen molar-refractivity contribution in [3.8, 4) is 12.3 Å². The Morgan fingerprint density at radius 3 is 2.75 bits per heavy atom. The molecule has 84 valence electrons. The molecule has 0 heterocycles. The van der Waals surface area contributed by atoms with Crippen molar-refractivity contribution in [2.45, 2.75) is 13.0 Å². The molecule has 0 saturated carbocycles. The van der Waals surface area contributed by atoms with Crippen molar-refractivity contribution < 1.29 is 18.4 Å². The number of carbonyl (C=O) groups is 1. The Bertz CT molecular complexity index is 440. The van der Waals surface area contributed by atoms with Gasteiger partial charge in [0.1, 0.15) is 6.10 Å². The van der Waals surface area contributed by atoms with Gasteiger partial charge in [0.15, 0.2) is 11.6 Å². The predicted octanol–water partition coefficient (Wildman–Crippen LogP) is 1.65. The Labute approximate surface area is 91.4 Å². The zero-order valence-corrected chi connectivity index (χ0v) is 8.46. The van der Waals surface area contributed by atoms with Crippen LogP contribution < -0.4 is 5.48 Å². The third kappa shape index (κ3) is 3.04. The molecule has 0 aliphatic heterocycles. The molecule has 5 heteroatoms. The van der Waals surface area contributed by atoms with Crippen LogP contribution in [-0.4, -0.2) is 12.0 Å². The minimum Gasteiger partial charge on any atom is -0.267 e. The van der Waals surface area contributed by atoms with E-state index in [0.29, 0.717) is 0 Å². The van der Waals surface area contributed by atoms with Gasteiger partial charge in [-0.25, -0.2) is 14.3 Å². The standard InChI is InChI=1S/C11H9F2NO2/c1-3-7(2)16-14-11(15)8-4-5-9(12)10(13)6-8/h1,4-7H,2H3,(H,14,15). The van der Waals surface area contributed by atoms with E-state index in [-0.39, 0.29) is 5.56 Å². The maximum Gasteiger partial charge on any atom is 0.274 e. The summed E-state index contributed by atoms with van der Waals surface area (Å²) in [6.07, 6.45) is 4.40. The van der Waals surface area contributed by atoms with Gasteiger partial charge in [-0.3, -0.25) is 9.63 Å². The van der Waals surface area contributed by atoms with Gasteiger partial charge in [0, 0.05) is 5.56 Å². The molecule has 1 amide bonds. The second kappa shape index (κ2) is 5.24. The fourth-order valence-corrected chi connectivity index (χ4v) is 0.872. The Morgan fingerprint density at radius 1 is 1.50 bits per heavy atom. The number of hydrogen-bond acceptors (Lipinski definition) is 2. The molecule has 0 spiro atoms. The number of terminal acetylenes is 1. The molecule has 0 aliphatic carbocycles. The second-order valence-electron chi connectivity index (χ2n) is 2.99. The fraction of sp³-hybridized carbons (Fsp3) is 0.182. The summed E-state index contributed by atoms with van der Waals surface area (Å²) in [5.74, 6) is -0.591. The lowest BCUT2D eigenvalue weighted by atomic mass is 10.2. The van der Waals surface area contributed by atoms with Crippen molar-refractivity contribution in [3.05, 3.63) is 35.4 Å². The van der Waals surface area contributed by atoms with Gasteiger partial charge < -0.3 is 0 Å². The first-order valence-corrected chi connectivity index (χ1v) is 4.41. The predicted molar refractivity (Wildman–Crippen MR) is 53.2 cm³/mol. The third-order valence-corrected chi connectivity index (χ3v) is 1.74.